The number of H-pyrrole nitrogens is 1. The highest BCUT2D eigenvalue weighted by molar-refractivity contribution is 5.96. The number of alkyl halides is 3. The van der Waals surface area contributed by atoms with E-state index in [0.717, 1.165) is 0 Å². The van der Waals surface area contributed by atoms with Gasteiger partial charge in [-0.25, -0.2) is 4.79 Å². The Morgan fingerprint density at radius 1 is 1.25 bits per heavy atom. The molecule has 4 rings (SSSR count). The third-order valence-corrected chi connectivity index (χ3v) is 8.31. The van der Waals surface area contributed by atoms with Gasteiger partial charge in [0.25, 0.3) is 11.5 Å². The van der Waals surface area contributed by atoms with Gasteiger partial charge in [-0.1, -0.05) is 20.8 Å². The first-order valence-electron chi connectivity index (χ1n) is 14.1. The van der Waals surface area contributed by atoms with Crippen LogP contribution in [0.5, 0.6) is 0 Å². The first-order chi connectivity index (χ1) is 20.5. The minimum atomic E-state index is -4.54. The lowest BCUT2D eigenvalue weighted by Crippen LogP contribution is -2.59. The molecule has 1 fully saturated rings. The number of aromatic amines is 1. The van der Waals surface area contributed by atoms with Crippen LogP contribution in [0.15, 0.2) is 35.3 Å². The number of aliphatic carboxylic acids is 1. The molecule has 236 valence electrons. The summed E-state index contributed by atoms with van der Waals surface area (Å²) in [5, 5.41) is 27.8. The summed E-state index contributed by atoms with van der Waals surface area (Å²) in [6.45, 7) is 6.76. The highest BCUT2D eigenvalue weighted by atomic mass is 19.4. The molecule has 1 aliphatic heterocycles. The van der Waals surface area contributed by atoms with Gasteiger partial charge in [-0.15, -0.1) is 0 Å². The van der Waals surface area contributed by atoms with Crippen molar-refractivity contribution in [3.63, 3.8) is 0 Å². The van der Waals surface area contributed by atoms with E-state index >= 15 is 0 Å². The van der Waals surface area contributed by atoms with Crippen molar-refractivity contribution in [2.24, 2.45) is 5.41 Å². The van der Waals surface area contributed by atoms with E-state index in [1.54, 1.807) is 44.5 Å². The molecule has 1 amide bonds. The Kier molecular flexibility index (Phi) is 8.58. The number of hydrogen-bond acceptors (Lipinski definition) is 7. The van der Waals surface area contributed by atoms with Crippen LogP contribution in [0.1, 0.15) is 62.9 Å². The van der Waals surface area contributed by atoms with E-state index in [0.29, 0.717) is 21.7 Å². The van der Waals surface area contributed by atoms with Crippen LogP contribution in [0, 0.1) is 23.7 Å². The molecule has 1 saturated heterocycles. The van der Waals surface area contributed by atoms with Gasteiger partial charge in [0.1, 0.15) is 11.9 Å². The first kappa shape index (κ1) is 32.5. The van der Waals surface area contributed by atoms with Crippen LogP contribution in [0.2, 0.25) is 0 Å². The first-order valence-corrected chi connectivity index (χ1v) is 14.1. The normalized spacial score (nSPS) is 20.7. The fourth-order valence-corrected chi connectivity index (χ4v) is 5.78. The number of amides is 1. The van der Waals surface area contributed by atoms with Crippen molar-refractivity contribution < 1.29 is 32.6 Å². The van der Waals surface area contributed by atoms with Crippen LogP contribution < -0.4 is 10.9 Å². The minimum Gasteiger partial charge on any atom is -0.479 e. The predicted octanol–water partition coefficient (Wildman–Crippen LogP) is 5.09. The number of ether oxygens (including phenoxy) is 1. The second-order valence-electron chi connectivity index (χ2n) is 12.1. The molecule has 11 nitrogen and oxygen atoms in total. The summed E-state index contributed by atoms with van der Waals surface area (Å²) in [7, 11) is 0. The van der Waals surface area contributed by atoms with E-state index in [9.17, 15) is 37.9 Å². The number of benzene rings is 1. The Hall–Kier alpha value is -4.38. The maximum atomic E-state index is 13.0. The van der Waals surface area contributed by atoms with Gasteiger partial charge in [0, 0.05) is 29.4 Å². The number of nitrogens with one attached hydrogen (secondary N) is 2. The molecule has 0 radical (unpaired) electrons. The maximum absolute atomic E-state index is 13.0. The molecule has 14 heteroatoms. The van der Waals surface area contributed by atoms with Crippen molar-refractivity contribution in [3.8, 4) is 6.07 Å². The maximum Gasteiger partial charge on any atom is 0.406 e. The van der Waals surface area contributed by atoms with Crippen molar-refractivity contribution in [3.05, 3.63) is 51.9 Å². The zero-order chi connectivity index (χ0) is 32.7. The van der Waals surface area contributed by atoms with E-state index in [1.807, 2.05) is 0 Å². The topological polar surface area (TPSA) is 153 Å². The Labute approximate surface area is 251 Å². The number of halogens is 3. The standard InChI is InChI=1S/C30H35F3N6O5/c1-6-38(16-30(31,32)33)25(41)20-8-7-19(15-18(20)2)36-23-22-21(9-14-35-24(22)40)39(37-23)28(12-13-34)10-11-29(26(42)43,44-17-28)27(3,4)5/h7-9,14-15H,6,10-12,16-17H2,1-5H3,(H,35,40)(H,36,37)(H,42,43). The van der Waals surface area contributed by atoms with Gasteiger partial charge in [0.15, 0.2) is 11.4 Å². The number of fused-ring (bicyclic) bond motifs is 1. The number of anilines is 2. The second kappa shape index (κ2) is 11.6. The lowest BCUT2D eigenvalue weighted by atomic mass is 9.69. The highest BCUT2D eigenvalue weighted by Crippen LogP contribution is 2.47. The van der Waals surface area contributed by atoms with E-state index in [1.165, 1.54) is 25.3 Å². The average molecular weight is 617 g/mol. The largest absolute Gasteiger partial charge is 0.479 e. The van der Waals surface area contributed by atoms with Gasteiger partial charge in [-0.3, -0.25) is 14.3 Å². The second-order valence-corrected chi connectivity index (χ2v) is 12.1. The highest BCUT2D eigenvalue weighted by Gasteiger charge is 2.56. The minimum absolute atomic E-state index is 0.0718. The molecule has 2 aromatic heterocycles. The Morgan fingerprint density at radius 2 is 1.95 bits per heavy atom. The molecule has 3 heterocycles. The molecule has 0 spiro atoms. The summed E-state index contributed by atoms with van der Waals surface area (Å²) >= 11 is 0. The molecule has 0 aliphatic carbocycles. The third kappa shape index (κ3) is 5.88. The summed E-state index contributed by atoms with van der Waals surface area (Å²) < 4.78 is 46.6. The van der Waals surface area contributed by atoms with Crippen LogP contribution in [0.3, 0.4) is 0 Å². The lowest BCUT2D eigenvalue weighted by Gasteiger charge is -2.49. The summed E-state index contributed by atoms with van der Waals surface area (Å²) in [5.41, 5.74) is -2.47. The zero-order valence-corrected chi connectivity index (χ0v) is 25.1. The van der Waals surface area contributed by atoms with Gasteiger partial charge in [0.05, 0.1) is 30.2 Å². The van der Waals surface area contributed by atoms with E-state index in [4.69, 9.17) is 9.84 Å². The number of carboxylic acids is 1. The molecular weight excluding hydrogens is 581 g/mol. The average Bonchev–Trinajstić information content (AvgIpc) is 3.30. The number of aromatic nitrogens is 3. The van der Waals surface area contributed by atoms with Crippen LogP contribution in [-0.2, 0) is 15.1 Å². The Balaban J connectivity index is 1.73. The van der Waals surface area contributed by atoms with Gasteiger partial charge in [0.2, 0.25) is 0 Å². The van der Waals surface area contributed by atoms with Gasteiger partial charge in [-0.05, 0) is 56.5 Å². The fourth-order valence-electron chi connectivity index (χ4n) is 5.78. The van der Waals surface area contributed by atoms with Crippen LogP contribution in [0.4, 0.5) is 24.7 Å². The van der Waals surface area contributed by atoms with E-state index in [-0.39, 0.29) is 49.2 Å². The van der Waals surface area contributed by atoms with Crippen molar-refractivity contribution in [1.82, 2.24) is 19.7 Å². The summed E-state index contributed by atoms with van der Waals surface area (Å²) in [5.74, 6) is -1.73. The van der Waals surface area contributed by atoms with Crippen molar-refractivity contribution >= 4 is 34.3 Å². The molecular formula is C30H35F3N6O5. The molecule has 0 saturated carbocycles. The van der Waals surface area contributed by atoms with Gasteiger partial charge < -0.3 is 25.0 Å². The van der Waals surface area contributed by atoms with Crippen molar-refractivity contribution in [2.45, 2.75) is 71.2 Å². The lowest BCUT2D eigenvalue weighted by molar-refractivity contribution is -0.206. The number of aryl methyl sites for hydroxylation is 1. The summed E-state index contributed by atoms with van der Waals surface area (Å²) in [6.07, 6.45) is -2.84. The van der Waals surface area contributed by atoms with Crippen LogP contribution in [0.25, 0.3) is 10.9 Å². The monoisotopic (exact) mass is 616 g/mol. The molecule has 3 N–H and O–H groups in total. The Morgan fingerprint density at radius 3 is 2.48 bits per heavy atom. The molecule has 3 aromatic rings. The molecule has 2 unspecified atom stereocenters. The van der Waals surface area contributed by atoms with E-state index < -0.39 is 46.7 Å². The van der Waals surface area contributed by atoms with Gasteiger partial charge in [-0.2, -0.15) is 23.5 Å². The quantitative estimate of drug-likeness (QED) is 0.316. The van der Waals surface area contributed by atoms with Crippen molar-refractivity contribution in [1.29, 1.82) is 5.26 Å². The number of carbonyl (C=O) groups excluding carboxylic acids is 1. The number of carboxylic acid groups (broad SMARTS) is 1. The number of hydrogen-bond donors (Lipinski definition) is 3. The number of nitriles is 1. The van der Waals surface area contributed by atoms with Gasteiger partial charge >= 0.3 is 12.1 Å². The summed E-state index contributed by atoms with van der Waals surface area (Å²) in [4.78, 5) is 41.6. The zero-order valence-electron chi connectivity index (χ0n) is 25.1. The smallest absolute Gasteiger partial charge is 0.406 e. The van der Waals surface area contributed by atoms with E-state index in [2.05, 4.69) is 16.4 Å². The molecule has 0 bridgehead atoms. The molecule has 1 aliphatic rings. The third-order valence-electron chi connectivity index (χ3n) is 8.31. The Bertz CT molecular complexity index is 1670. The molecule has 1 aromatic carbocycles. The SMILES string of the molecule is CCN(CC(F)(F)F)C(=O)c1ccc(Nc2nn(C3(CC#N)CCC(C(=O)O)(C(C)(C)C)OC3)c3cc[nH]c(=O)c23)cc1C. The predicted molar refractivity (Wildman–Crippen MR) is 156 cm³/mol. The van der Waals surface area contributed by atoms with Crippen LogP contribution in [-0.4, -0.2) is 68.1 Å². The number of rotatable bonds is 8. The fraction of sp³-hybridized carbons (Fsp3) is 0.500. The number of carbonyl (C=O) groups is 2. The van der Waals surface area contributed by atoms with Crippen molar-refractivity contribution in [2.75, 3.05) is 25.0 Å². The number of nitrogens with zero attached hydrogens (tertiary/aromatic N) is 4. The molecule has 2 atom stereocenters. The number of pyridine rings is 1. The summed E-state index contributed by atoms with van der Waals surface area (Å²) in [6, 6.07) is 8.27. The van der Waals surface area contributed by atoms with Crippen LogP contribution >= 0.6 is 0 Å². The molecule has 44 heavy (non-hydrogen) atoms.